The third kappa shape index (κ3) is 5.47. The van der Waals surface area contributed by atoms with E-state index < -0.39 is 16.1 Å². The molecular formula is C20H26N2O4S. The largest absolute Gasteiger partial charge is 0.480 e. The van der Waals surface area contributed by atoms with Crippen LogP contribution in [-0.4, -0.2) is 33.7 Å². The maximum atomic E-state index is 12.6. The Balaban J connectivity index is 2.15. The summed E-state index contributed by atoms with van der Waals surface area (Å²) in [5.74, 6) is 0.393. The zero-order valence-corrected chi connectivity index (χ0v) is 17.1. The van der Waals surface area contributed by atoms with Gasteiger partial charge in [-0.25, -0.2) is 8.42 Å². The number of carbonyl (C=O) groups excluding carboxylic acids is 1. The van der Waals surface area contributed by atoms with Crippen molar-refractivity contribution >= 4 is 27.3 Å². The van der Waals surface area contributed by atoms with Crippen LogP contribution in [0, 0.1) is 13.8 Å². The monoisotopic (exact) mass is 390 g/mol. The van der Waals surface area contributed by atoms with Crippen LogP contribution in [0.2, 0.25) is 0 Å². The summed E-state index contributed by atoms with van der Waals surface area (Å²) in [5, 5.41) is 2.81. The van der Waals surface area contributed by atoms with Crippen LogP contribution in [-0.2, 0) is 14.8 Å². The van der Waals surface area contributed by atoms with Crippen LogP contribution in [0.1, 0.15) is 24.5 Å². The van der Waals surface area contributed by atoms with Crippen molar-refractivity contribution in [2.75, 3.05) is 22.9 Å². The minimum Gasteiger partial charge on any atom is -0.480 e. The molecule has 27 heavy (non-hydrogen) atoms. The molecule has 0 aliphatic heterocycles. The smallest absolute Gasteiger partial charge is 0.265 e. The second-order valence-corrected chi connectivity index (χ2v) is 8.57. The van der Waals surface area contributed by atoms with Gasteiger partial charge in [0, 0.05) is 12.7 Å². The summed E-state index contributed by atoms with van der Waals surface area (Å²) >= 11 is 0. The quantitative estimate of drug-likeness (QED) is 0.785. The summed E-state index contributed by atoms with van der Waals surface area (Å²) in [6.45, 7) is 5.82. The average molecular weight is 391 g/mol. The van der Waals surface area contributed by atoms with Gasteiger partial charge in [0.2, 0.25) is 10.0 Å². The fraction of sp³-hybridized carbons (Fsp3) is 0.350. The number of hydrogen-bond acceptors (Lipinski definition) is 4. The number of rotatable bonds is 7. The highest BCUT2D eigenvalue weighted by molar-refractivity contribution is 7.92. The second-order valence-electron chi connectivity index (χ2n) is 6.55. The Morgan fingerprint density at radius 3 is 2.48 bits per heavy atom. The maximum Gasteiger partial charge on any atom is 0.265 e. The molecule has 0 aromatic heterocycles. The summed E-state index contributed by atoms with van der Waals surface area (Å²) in [6, 6.07) is 12.5. The number of amides is 1. The second kappa shape index (κ2) is 8.43. The highest BCUT2D eigenvalue weighted by Crippen LogP contribution is 2.23. The van der Waals surface area contributed by atoms with Crippen molar-refractivity contribution < 1.29 is 17.9 Å². The molecule has 7 heteroatoms. The molecule has 0 spiro atoms. The van der Waals surface area contributed by atoms with Crippen LogP contribution in [0.25, 0.3) is 0 Å². The van der Waals surface area contributed by atoms with E-state index in [4.69, 9.17) is 4.74 Å². The average Bonchev–Trinajstić information content (AvgIpc) is 2.59. The van der Waals surface area contributed by atoms with Gasteiger partial charge in [-0.1, -0.05) is 30.7 Å². The van der Waals surface area contributed by atoms with Crippen molar-refractivity contribution in [1.82, 2.24) is 0 Å². The maximum absolute atomic E-state index is 12.6. The number of anilines is 2. The fourth-order valence-corrected chi connectivity index (χ4v) is 3.10. The van der Waals surface area contributed by atoms with E-state index >= 15 is 0 Å². The molecule has 2 aromatic carbocycles. The molecule has 0 saturated carbocycles. The summed E-state index contributed by atoms with van der Waals surface area (Å²) in [6.07, 6.45) is 0.980. The van der Waals surface area contributed by atoms with E-state index in [1.807, 2.05) is 39.0 Å². The Morgan fingerprint density at radius 2 is 1.89 bits per heavy atom. The summed E-state index contributed by atoms with van der Waals surface area (Å²) in [4.78, 5) is 12.6. The molecule has 0 fully saturated rings. The molecule has 146 valence electrons. The van der Waals surface area contributed by atoms with E-state index in [0.717, 1.165) is 21.7 Å². The molecule has 0 heterocycles. The lowest BCUT2D eigenvalue weighted by molar-refractivity contribution is -0.122. The third-order valence-electron chi connectivity index (χ3n) is 4.24. The fourth-order valence-electron chi connectivity index (χ4n) is 2.60. The Morgan fingerprint density at radius 1 is 1.19 bits per heavy atom. The first kappa shape index (κ1) is 20.8. The van der Waals surface area contributed by atoms with Crippen molar-refractivity contribution in [3.05, 3.63) is 53.6 Å². The van der Waals surface area contributed by atoms with Crippen LogP contribution >= 0.6 is 0 Å². The van der Waals surface area contributed by atoms with Gasteiger partial charge in [0.15, 0.2) is 6.10 Å². The molecule has 6 nitrogen and oxygen atoms in total. The molecule has 0 saturated heterocycles. The first-order valence-corrected chi connectivity index (χ1v) is 10.6. The lowest BCUT2D eigenvalue weighted by Crippen LogP contribution is -2.32. The first-order valence-electron chi connectivity index (χ1n) is 8.70. The van der Waals surface area contributed by atoms with E-state index in [1.165, 1.54) is 7.05 Å². The number of benzene rings is 2. The van der Waals surface area contributed by atoms with Crippen LogP contribution < -0.4 is 14.4 Å². The summed E-state index contributed by atoms with van der Waals surface area (Å²) < 4.78 is 30.5. The first-order chi connectivity index (χ1) is 12.6. The lowest BCUT2D eigenvalue weighted by Gasteiger charge is -2.20. The number of nitrogens with zero attached hydrogens (tertiary/aromatic N) is 1. The number of ether oxygens (including phenoxy) is 1. The number of carbonyl (C=O) groups is 1. The molecule has 2 aromatic rings. The van der Waals surface area contributed by atoms with E-state index in [1.54, 1.807) is 24.3 Å². The standard InChI is InChI=1S/C20H26N2O4S/c1-6-18(26-19-11-10-14(2)12-15(19)3)20(23)21-16-8-7-9-17(13-16)22(4)27(5,24)25/h7-13,18H,6H2,1-5H3,(H,21,23)/t18-/m0/s1. The minimum atomic E-state index is -3.38. The van der Waals surface area contributed by atoms with E-state index in [0.29, 0.717) is 23.5 Å². The normalized spacial score (nSPS) is 12.3. The van der Waals surface area contributed by atoms with Crippen molar-refractivity contribution in [2.45, 2.75) is 33.3 Å². The Bertz CT molecular complexity index is 925. The molecule has 1 amide bonds. The lowest BCUT2D eigenvalue weighted by atomic mass is 10.1. The van der Waals surface area contributed by atoms with Gasteiger partial charge in [0.05, 0.1) is 11.9 Å². The SMILES string of the molecule is CC[C@H](Oc1ccc(C)cc1C)C(=O)Nc1cccc(N(C)S(C)(=O)=O)c1. The molecule has 0 aliphatic carbocycles. The van der Waals surface area contributed by atoms with Gasteiger partial charge in [-0.3, -0.25) is 9.10 Å². The molecule has 0 radical (unpaired) electrons. The summed E-state index contributed by atoms with van der Waals surface area (Å²) in [5.41, 5.74) is 3.08. The van der Waals surface area contributed by atoms with Gasteiger partial charge < -0.3 is 10.1 Å². The highest BCUT2D eigenvalue weighted by Gasteiger charge is 2.20. The van der Waals surface area contributed by atoms with Crippen molar-refractivity contribution in [3.8, 4) is 5.75 Å². The van der Waals surface area contributed by atoms with Gasteiger partial charge >= 0.3 is 0 Å². The third-order valence-corrected chi connectivity index (χ3v) is 5.44. The zero-order valence-electron chi connectivity index (χ0n) is 16.3. The van der Waals surface area contributed by atoms with E-state index in [-0.39, 0.29) is 5.91 Å². The van der Waals surface area contributed by atoms with Crippen LogP contribution in [0.3, 0.4) is 0 Å². The predicted octanol–water partition coefficient (Wildman–Crippen LogP) is 3.50. The zero-order chi connectivity index (χ0) is 20.2. The molecule has 1 N–H and O–H groups in total. The van der Waals surface area contributed by atoms with Crippen molar-refractivity contribution in [3.63, 3.8) is 0 Å². The number of sulfonamides is 1. The highest BCUT2D eigenvalue weighted by atomic mass is 32.2. The Hall–Kier alpha value is -2.54. The number of nitrogens with one attached hydrogen (secondary N) is 1. The van der Waals surface area contributed by atoms with E-state index in [2.05, 4.69) is 5.32 Å². The summed E-state index contributed by atoms with van der Waals surface area (Å²) in [7, 11) is -1.91. The van der Waals surface area contributed by atoms with Gasteiger partial charge in [-0.2, -0.15) is 0 Å². The molecule has 1 atom stereocenters. The molecular weight excluding hydrogens is 364 g/mol. The van der Waals surface area contributed by atoms with Gasteiger partial charge in [-0.15, -0.1) is 0 Å². The predicted molar refractivity (Wildman–Crippen MR) is 109 cm³/mol. The molecule has 0 aliphatic rings. The topological polar surface area (TPSA) is 75.7 Å². The molecule has 0 unspecified atom stereocenters. The number of hydrogen-bond donors (Lipinski definition) is 1. The number of aryl methyl sites for hydroxylation is 2. The van der Waals surface area contributed by atoms with Gasteiger partial charge in [0.25, 0.3) is 5.91 Å². The van der Waals surface area contributed by atoms with Crippen molar-refractivity contribution in [2.24, 2.45) is 0 Å². The van der Waals surface area contributed by atoms with Gasteiger partial charge in [0.1, 0.15) is 5.75 Å². The molecule has 0 bridgehead atoms. The van der Waals surface area contributed by atoms with Crippen LogP contribution in [0.5, 0.6) is 5.75 Å². The van der Waals surface area contributed by atoms with Crippen molar-refractivity contribution in [1.29, 1.82) is 0 Å². The molecule has 2 rings (SSSR count). The Kier molecular flexibility index (Phi) is 6.49. The van der Waals surface area contributed by atoms with Gasteiger partial charge in [-0.05, 0) is 50.1 Å². The van der Waals surface area contributed by atoms with Crippen LogP contribution in [0.15, 0.2) is 42.5 Å². The Labute approximate surface area is 161 Å². The van der Waals surface area contributed by atoms with Crippen LogP contribution in [0.4, 0.5) is 11.4 Å². The minimum absolute atomic E-state index is 0.281. The van der Waals surface area contributed by atoms with E-state index in [9.17, 15) is 13.2 Å².